The first-order valence-electron chi connectivity index (χ1n) is 9.25. The third-order valence-corrected chi connectivity index (χ3v) is 6.15. The number of rotatable bonds is 7. The largest absolute Gasteiger partial charge is 0.496 e. The van der Waals surface area contributed by atoms with E-state index in [4.69, 9.17) is 18.7 Å². The van der Waals surface area contributed by atoms with Crippen LogP contribution in [0.2, 0.25) is 0 Å². The molecule has 1 aromatic heterocycles. The van der Waals surface area contributed by atoms with E-state index in [1.54, 1.807) is 30.3 Å². The van der Waals surface area contributed by atoms with Crippen LogP contribution in [0, 0.1) is 0 Å². The zero-order valence-electron chi connectivity index (χ0n) is 17.1. The lowest BCUT2D eigenvalue weighted by molar-refractivity contribution is 0.374. The molecule has 0 radical (unpaired) electrons. The predicted molar refractivity (Wildman–Crippen MR) is 116 cm³/mol. The van der Waals surface area contributed by atoms with Gasteiger partial charge in [-0.05, 0) is 29.8 Å². The SMILES string of the molecule is COc1ccc(-c2ccccc2)c(OC)c1S(=O)(=O)Nc1noc2cccc(OC)c12. The van der Waals surface area contributed by atoms with Crippen molar-refractivity contribution in [3.8, 4) is 28.4 Å². The lowest BCUT2D eigenvalue weighted by atomic mass is 10.0. The number of nitrogens with zero attached hydrogens (tertiary/aromatic N) is 1. The molecule has 1 N–H and O–H groups in total. The first-order chi connectivity index (χ1) is 15.0. The molecule has 0 saturated carbocycles. The molecule has 0 aliphatic heterocycles. The van der Waals surface area contributed by atoms with Gasteiger partial charge in [-0.1, -0.05) is 41.6 Å². The quantitative estimate of drug-likeness (QED) is 0.457. The molecule has 0 bridgehead atoms. The highest BCUT2D eigenvalue weighted by Crippen LogP contribution is 2.42. The van der Waals surface area contributed by atoms with E-state index < -0.39 is 10.0 Å². The number of hydrogen-bond donors (Lipinski definition) is 1. The van der Waals surface area contributed by atoms with Crippen molar-refractivity contribution in [2.24, 2.45) is 0 Å². The molecule has 0 atom stereocenters. The number of aromatic nitrogens is 1. The summed E-state index contributed by atoms with van der Waals surface area (Å²) in [6.07, 6.45) is 0. The highest BCUT2D eigenvalue weighted by molar-refractivity contribution is 7.93. The van der Waals surface area contributed by atoms with Crippen LogP contribution in [-0.2, 0) is 10.0 Å². The first-order valence-corrected chi connectivity index (χ1v) is 10.7. The predicted octanol–water partition coefficient (Wildman–Crippen LogP) is 4.32. The van der Waals surface area contributed by atoms with Crippen molar-refractivity contribution in [1.29, 1.82) is 0 Å². The highest BCUT2D eigenvalue weighted by atomic mass is 32.2. The third-order valence-electron chi connectivity index (χ3n) is 4.76. The van der Waals surface area contributed by atoms with Gasteiger partial charge in [-0.2, -0.15) is 0 Å². The lowest BCUT2D eigenvalue weighted by Gasteiger charge is -2.17. The summed E-state index contributed by atoms with van der Waals surface area (Å²) in [6, 6.07) is 17.7. The van der Waals surface area contributed by atoms with E-state index in [-0.39, 0.29) is 22.2 Å². The van der Waals surface area contributed by atoms with Crippen LogP contribution in [0.25, 0.3) is 22.1 Å². The van der Waals surface area contributed by atoms with Crippen LogP contribution in [0.5, 0.6) is 17.2 Å². The number of hydrogen-bond acceptors (Lipinski definition) is 7. The first kappa shape index (κ1) is 20.5. The van der Waals surface area contributed by atoms with E-state index in [9.17, 15) is 8.42 Å². The zero-order chi connectivity index (χ0) is 22.0. The summed E-state index contributed by atoms with van der Waals surface area (Å²) < 4.78 is 51.0. The average molecular weight is 440 g/mol. The number of anilines is 1. The second-order valence-corrected chi connectivity index (χ2v) is 8.13. The smallest absolute Gasteiger partial charge is 0.270 e. The number of sulfonamides is 1. The van der Waals surface area contributed by atoms with Crippen molar-refractivity contribution in [2.45, 2.75) is 4.90 Å². The highest BCUT2D eigenvalue weighted by Gasteiger charge is 2.30. The van der Waals surface area contributed by atoms with Gasteiger partial charge in [0.2, 0.25) is 0 Å². The van der Waals surface area contributed by atoms with Crippen molar-refractivity contribution in [1.82, 2.24) is 5.16 Å². The summed E-state index contributed by atoms with van der Waals surface area (Å²) >= 11 is 0. The van der Waals surface area contributed by atoms with Crippen LogP contribution in [0.1, 0.15) is 0 Å². The van der Waals surface area contributed by atoms with Gasteiger partial charge in [-0.25, -0.2) is 8.42 Å². The Bertz CT molecular complexity index is 1330. The summed E-state index contributed by atoms with van der Waals surface area (Å²) in [5, 5.41) is 4.29. The van der Waals surface area contributed by atoms with Crippen molar-refractivity contribution >= 4 is 26.8 Å². The van der Waals surface area contributed by atoms with Crippen LogP contribution in [0.15, 0.2) is 70.1 Å². The molecule has 31 heavy (non-hydrogen) atoms. The van der Waals surface area contributed by atoms with Crippen LogP contribution in [0.3, 0.4) is 0 Å². The van der Waals surface area contributed by atoms with Crippen LogP contribution >= 0.6 is 0 Å². The molecule has 0 spiro atoms. The zero-order valence-corrected chi connectivity index (χ0v) is 17.9. The van der Waals surface area contributed by atoms with Gasteiger partial charge in [-0.15, -0.1) is 0 Å². The molecule has 9 heteroatoms. The fourth-order valence-electron chi connectivity index (χ4n) is 3.39. The van der Waals surface area contributed by atoms with Gasteiger partial charge in [0.05, 0.1) is 21.3 Å². The van der Waals surface area contributed by atoms with Crippen LogP contribution in [-0.4, -0.2) is 34.9 Å². The molecule has 0 saturated heterocycles. The van der Waals surface area contributed by atoms with E-state index in [1.807, 2.05) is 30.3 Å². The molecule has 1 heterocycles. The summed E-state index contributed by atoms with van der Waals surface area (Å²) in [4.78, 5) is -0.148. The van der Waals surface area contributed by atoms with Gasteiger partial charge in [0.15, 0.2) is 22.0 Å². The molecule has 4 aromatic rings. The molecule has 3 aromatic carbocycles. The molecular formula is C22H20N2O6S. The third kappa shape index (κ3) is 3.64. The maximum Gasteiger partial charge on any atom is 0.270 e. The molecular weight excluding hydrogens is 420 g/mol. The number of benzene rings is 3. The Hall–Kier alpha value is -3.72. The Morgan fingerprint density at radius 3 is 2.26 bits per heavy atom. The second kappa shape index (κ2) is 8.19. The van der Waals surface area contributed by atoms with Gasteiger partial charge < -0.3 is 18.7 Å². The van der Waals surface area contributed by atoms with Crippen molar-refractivity contribution in [3.05, 3.63) is 60.7 Å². The van der Waals surface area contributed by atoms with E-state index in [2.05, 4.69) is 9.88 Å². The molecule has 0 amide bonds. The van der Waals surface area contributed by atoms with Gasteiger partial charge in [0.25, 0.3) is 10.0 Å². The topological polar surface area (TPSA) is 99.9 Å². The summed E-state index contributed by atoms with van der Waals surface area (Å²) in [5.74, 6) is 0.705. The summed E-state index contributed by atoms with van der Waals surface area (Å²) in [5.41, 5.74) is 1.79. The second-order valence-electron chi connectivity index (χ2n) is 6.51. The maximum atomic E-state index is 13.5. The van der Waals surface area contributed by atoms with Gasteiger partial charge in [0.1, 0.15) is 16.9 Å². The maximum absolute atomic E-state index is 13.5. The van der Waals surface area contributed by atoms with E-state index in [0.717, 1.165) is 5.56 Å². The summed E-state index contributed by atoms with van der Waals surface area (Å²) in [7, 11) is 0.0927. The Morgan fingerprint density at radius 2 is 1.58 bits per heavy atom. The van der Waals surface area contributed by atoms with Crippen LogP contribution in [0.4, 0.5) is 5.82 Å². The van der Waals surface area contributed by atoms with Gasteiger partial charge in [-0.3, -0.25) is 4.72 Å². The van der Waals surface area contributed by atoms with Gasteiger partial charge >= 0.3 is 0 Å². The van der Waals surface area contributed by atoms with E-state index in [1.165, 1.54) is 21.3 Å². The minimum atomic E-state index is -4.19. The molecule has 0 unspecified atom stereocenters. The number of methoxy groups -OCH3 is 3. The normalized spacial score (nSPS) is 11.3. The number of ether oxygens (including phenoxy) is 3. The van der Waals surface area contributed by atoms with E-state index >= 15 is 0 Å². The monoisotopic (exact) mass is 440 g/mol. The molecule has 0 aliphatic rings. The van der Waals surface area contributed by atoms with Gasteiger partial charge in [0, 0.05) is 5.56 Å². The number of nitrogens with one attached hydrogen (secondary N) is 1. The lowest BCUT2D eigenvalue weighted by Crippen LogP contribution is -2.16. The van der Waals surface area contributed by atoms with Crippen LogP contribution < -0.4 is 18.9 Å². The van der Waals surface area contributed by atoms with E-state index in [0.29, 0.717) is 22.3 Å². The number of fused-ring (bicyclic) bond motifs is 1. The molecule has 4 rings (SSSR count). The Kier molecular flexibility index (Phi) is 5.43. The summed E-state index contributed by atoms with van der Waals surface area (Å²) in [6.45, 7) is 0. The average Bonchev–Trinajstić information content (AvgIpc) is 3.20. The minimum absolute atomic E-state index is 0.00155. The molecule has 8 nitrogen and oxygen atoms in total. The Morgan fingerprint density at radius 1 is 0.839 bits per heavy atom. The fraction of sp³-hybridized carbons (Fsp3) is 0.136. The fourth-order valence-corrected chi connectivity index (χ4v) is 4.74. The van der Waals surface area contributed by atoms with Crippen molar-refractivity contribution in [2.75, 3.05) is 26.1 Å². The molecule has 160 valence electrons. The van der Waals surface area contributed by atoms with Crippen molar-refractivity contribution < 1.29 is 27.2 Å². The Balaban J connectivity index is 1.89. The minimum Gasteiger partial charge on any atom is -0.496 e. The molecule has 0 fully saturated rings. The molecule has 0 aliphatic carbocycles. The van der Waals surface area contributed by atoms with Crippen molar-refractivity contribution in [3.63, 3.8) is 0 Å². The Labute approximate surface area is 179 Å². The standard InChI is InChI=1S/C22H20N2O6S/c1-27-16-10-7-11-17-19(16)22(23-30-17)24-31(25,26)21-18(28-2)13-12-15(20(21)29-3)14-8-5-4-6-9-14/h4-13H,1-3H3,(H,23,24).